The zero-order valence-corrected chi connectivity index (χ0v) is 7.97. The van der Waals surface area contributed by atoms with E-state index in [-0.39, 0.29) is 0 Å². The lowest BCUT2D eigenvalue weighted by atomic mass is 10.2. The van der Waals surface area contributed by atoms with Gasteiger partial charge in [-0.3, -0.25) is 4.57 Å². The SMILES string of the molecule is O=[PH](O)C(O)=CCc1ccccc1. The van der Waals surface area contributed by atoms with Crippen molar-refractivity contribution in [3.05, 3.63) is 47.5 Å². The predicted molar refractivity (Wildman–Crippen MR) is 52.1 cm³/mol. The third kappa shape index (κ3) is 3.45. The fourth-order valence-electron chi connectivity index (χ4n) is 0.916. The van der Waals surface area contributed by atoms with Crippen molar-refractivity contribution in [3.8, 4) is 0 Å². The van der Waals surface area contributed by atoms with Gasteiger partial charge in [0.1, 0.15) is 0 Å². The summed E-state index contributed by atoms with van der Waals surface area (Å²) in [6.45, 7) is 0. The van der Waals surface area contributed by atoms with Crippen LogP contribution < -0.4 is 0 Å². The molecule has 0 fully saturated rings. The molecule has 1 aromatic rings. The third-order valence-electron chi connectivity index (χ3n) is 1.59. The summed E-state index contributed by atoms with van der Waals surface area (Å²) >= 11 is 0. The minimum absolute atomic E-state index is 0.422. The van der Waals surface area contributed by atoms with Crippen molar-refractivity contribution in [2.75, 3.05) is 0 Å². The highest BCUT2D eigenvalue weighted by Gasteiger charge is 1.98. The average molecular weight is 198 g/mol. The van der Waals surface area contributed by atoms with Gasteiger partial charge in [-0.15, -0.1) is 0 Å². The minimum Gasteiger partial charge on any atom is -0.503 e. The second kappa shape index (κ2) is 4.85. The van der Waals surface area contributed by atoms with E-state index in [2.05, 4.69) is 0 Å². The Morgan fingerprint density at radius 3 is 2.54 bits per heavy atom. The number of benzene rings is 1. The van der Waals surface area contributed by atoms with Crippen LogP contribution in [0.3, 0.4) is 0 Å². The van der Waals surface area contributed by atoms with Gasteiger partial charge in [-0.2, -0.15) is 0 Å². The van der Waals surface area contributed by atoms with E-state index < -0.39 is 13.5 Å². The van der Waals surface area contributed by atoms with Crippen molar-refractivity contribution in [2.45, 2.75) is 6.42 Å². The van der Waals surface area contributed by atoms with Gasteiger partial charge >= 0.3 is 0 Å². The number of aliphatic hydroxyl groups excluding tert-OH is 1. The summed E-state index contributed by atoms with van der Waals surface area (Å²) in [7, 11) is -2.92. The van der Waals surface area contributed by atoms with Gasteiger partial charge in [-0.05, 0) is 18.1 Å². The Morgan fingerprint density at radius 1 is 1.38 bits per heavy atom. The van der Waals surface area contributed by atoms with Crippen molar-refractivity contribution in [3.63, 3.8) is 0 Å². The molecule has 0 saturated heterocycles. The molecule has 0 heterocycles. The number of rotatable bonds is 3. The van der Waals surface area contributed by atoms with Gasteiger partial charge in [-0.25, -0.2) is 0 Å². The molecule has 4 heteroatoms. The molecule has 1 aromatic carbocycles. The Balaban J connectivity index is 2.62. The van der Waals surface area contributed by atoms with Gasteiger partial charge in [0.25, 0.3) is 8.03 Å². The number of hydrogen-bond donors (Lipinski definition) is 2. The van der Waals surface area contributed by atoms with Crippen molar-refractivity contribution >= 4 is 8.03 Å². The van der Waals surface area contributed by atoms with Crippen molar-refractivity contribution in [1.29, 1.82) is 0 Å². The fourth-order valence-corrected chi connectivity index (χ4v) is 1.19. The molecular weight excluding hydrogens is 187 g/mol. The Hall–Kier alpha value is -1.05. The van der Waals surface area contributed by atoms with E-state index in [1.165, 1.54) is 6.08 Å². The van der Waals surface area contributed by atoms with Gasteiger partial charge in [0.2, 0.25) is 0 Å². The van der Waals surface area contributed by atoms with Crippen LogP contribution >= 0.6 is 8.03 Å². The molecule has 1 rings (SSSR count). The van der Waals surface area contributed by atoms with E-state index in [1.807, 2.05) is 30.3 Å². The minimum atomic E-state index is -2.92. The predicted octanol–water partition coefficient (Wildman–Crippen LogP) is 2.10. The maximum atomic E-state index is 10.4. The molecule has 70 valence electrons. The zero-order valence-electron chi connectivity index (χ0n) is 6.97. The molecule has 1 unspecified atom stereocenters. The maximum absolute atomic E-state index is 10.4. The number of allylic oxidation sites excluding steroid dienone is 1. The largest absolute Gasteiger partial charge is 0.503 e. The molecule has 2 N–H and O–H groups in total. The van der Waals surface area contributed by atoms with Crippen LogP contribution in [0.1, 0.15) is 5.56 Å². The first-order chi connectivity index (χ1) is 6.20. The number of aliphatic hydroxyl groups is 1. The molecular formula is C9H11O3P. The molecule has 0 spiro atoms. The van der Waals surface area contributed by atoms with E-state index in [4.69, 9.17) is 10.00 Å². The zero-order chi connectivity index (χ0) is 9.68. The Bertz CT molecular complexity index is 319. The van der Waals surface area contributed by atoms with E-state index >= 15 is 0 Å². The van der Waals surface area contributed by atoms with Crippen molar-refractivity contribution in [1.82, 2.24) is 0 Å². The smallest absolute Gasteiger partial charge is 0.251 e. The Labute approximate surface area is 77.2 Å². The molecule has 0 aliphatic rings. The molecule has 0 bridgehead atoms. The third-order valence-corrected chi connectivity index (χ3v) is 2.24. The van der Waals surface area contributed by atoms with Crippen LogP contribution in [0.4, 0.5) is 0 Å². The second-order valence-corrected chi connectivity index (χ2v) is 3.71. The highest BCUT2D eigenvalue weighted by atomic mass is 31.1. The molecule has 0 saturated carbocycles. The second-order valence-electron chi connectivity index (χ2n) is 2.58. The first kappa shape index (κ1) is 10.0. The average Bonchev–Trinajstić information content (AvgIpc) is 2.15. The quantitative estimate of drug-likeness (QED) is 0.577. The van der Waals surface area contributed by atoms with E-state index in [9.17, 15) is 4.57 Å². The van der Waals surface area contributed by atoms with E-state index in [1.54, 1.807) is 0 Å². The van der Waals surface area contributed by atoms with E-state index in [0.29, 0.717) is 6.42 Å². The van der Waals surface area contributed by atoms with Gasteiger partial charge in [-0.1, -0.05) is 30.3 Å². The molecule has 0 radical (unpaired) electrons. The van der Waals surface area contributed by atoms with Crippen LogP contribution in [-0.4, -0.2) is 10.00 Å². The topological polar surface area (TPSA) is 57.5 Å². The van der Waals surface area contributed by atoms with Crippen LogP contribution in [0.25, 0.3) is 0 Å². The first-order valence-electron chi connectivity index (χ1n) is 3.86. The van der Waals surface area contributed by atoms with Crippen LogP contribution in [0.15, 0.2) is 41.9 Å². The fraction of sp³-hybridized carbons (Fsp3) is 0.111. The molecule has 0 amide bonds. The molecule has 1 atom stereocenters. The lowest BCUT2D eigenvalue weighted by molar-refractivity contribution is 0.415. The normalized spacial score (nSPS) is 14.1. The highest BCUT2D eigenvalue weighted by Crippen LogP contribution is 2.23. The Kier molecular flexibility index (Phi) is 3.74. The van der Waals surface area contributed by atoms with Crippen molar-refractivity contribution in [2.24, 2.45) is 0 Å². The van der Waals surface area contributed by atoms with Gasteiger partial charge in [0, 0.05) is 0 Å². The van der Waals surface area contributed by atoms with Gasteiger partial charge < -0.3 is 10.00 Å². The van der Waals surface area contributed by atoms with Gasteiger partial charge in [0.05, 0.1) is 0 Å². The summed E-state index contributed by atoms with van der Waals surface area (Å²) in [6, 6.07) is 9.42. The summed E-state index contributed by atoms with van der Waals surface area (Å²) in [5.41, 5.74) is 0.575. The lowest BCUT2D eigenvalue weighted by Gasteiger charge is -1.95. The summed E-state index contributed by atoms with van der Waals surface area (Å²) in [5, 5.41) is 8.93. The maximum Gasteiger partial charge on any atom is 0.251 e. The number of hydrogen-bond acceptors (Lipinski definition) is 2. The van der Waals surface area contributed by atoms with Crippen LogP contribution in [-0.2, 0) is 11.0 Å². The highest BCUT2D eigenvalue weighted by molar-refractivity contribution is 7.42. The van der Waals surface area contributed by atoms with Crippen LogP contribution in [0, 0.1) is 0 Å². The standard InChI is InChI=1S/C9H11O3P/c10-9(13(11)12)7-6-8-4-2-1-3-5-8/h1-5,7,10,13H,6H2,(H,11,12). The Morgan fingerprint density at radius 2 is 2.00 bits per heavy atom. The summed E-state index contributed by atoms with van der Waals surface area (Å²) < 4.78 is 10.4. The molecule has 0 aliphatic carbocycles. The summed E-state index contributed by atoms with van der Waals surface area (Å²) in [4.78, 5) is 8.53. The molecule has 0 aromatic heterocycles. The van der Waals surface area contributed by atoms with Gasteiger partial charge in [0.15, 0.2) is 5.50 Å². The van der Waals surface area contributed by atoms with Crippen molar-refractivity contribution < 1.29 is 14.6 Å². The summed E-state index contributed by atoms with van der Waals surface area (Å²) in [5.74, 6) is 0. The lowest BCUT2D eigenvalue weighted by Crippen LogP contribution is -1.81. The summed E-state index contributed by atoms with van der Waals surface area (Å²) in [6.07, 6.45) is 1.83. The molecule has 0 aliphatic heterocycles. The van der Waals surface area contributed by atoms with E-state index in [0.717, 1.165) is 5.56 Å². The first-order valence-corrected chi connectivity index (χ1v) is 5.22. The monoisotopic (exact) mass is 198 g/mol. The van der Waals surface area contributed by atoms with Crippen LogP contribution in [0.5, 0.6) is 0 Å². The molecule has 3 nitrogen and oxygen atoms in total. The molecule has 13 heavy (non-hydrogen) atoms. The van der Waals surface area contributed by atoms with Crippen LogP contribution in [0.2, 0.25) is 0 Å².